The summed E-state index contributed by atoms with van der Waals surface area (Å²) in [6.45, 7) is 6.59. The first-order valence-corrected chi connectivity index (χ1v) is 6.46. The Morgan fingerprint density at radius 3 is 2.84 bits per heavy atom. The van der Waals surface area contributed by atoms with Gasteiger partial charge in [-0.2, -0.15) is 0 Å². The van der Waals surface area contributed by atoms with E-state index in [2.05, 4.69) is 52.1 Å². The van der Waals surface area contributed by atoms with Crippen LogP contribution in [0.15, 0.2) is 48.0 Å². The van der Waals surface area contributed by atoms with E-state index in [4.69, 9.17) is 0 Å². The minimum atomic E-state index is 0. The van der Waals surface area contributed by atoms with Gasteiger partial charge in [0.25, 0.3) is 0 Å². The van der Waals surface area contributed by atoms with Crippen LogP contribution in [-0.2, 0) is 0 Å². The Bertz CT molecular complexity index is 417. The van der Waals surface area contributed by atoms with Crippen molar-refractivity contribution in [2.75, 3.05) is 26.7 Å². The molecule has 4 heteroatoms. The molecule has 1 aromatic carbocycles. The molecule has 1 N–H and O–H groups in total. The van der Waals surface area contributed by atoms with Crippen molar-refractivity contribution >= 4 is 29.9 Å². The van der Waals surface area contributed by atoms with Crippen molar-refractivity contribution in [3.63, 3.8) is 0 Å². The predicted octanol–water partition coefficient (Wildman–Crippen LogP) is 2.86. The Labute approximate surface area is 132 Å². The Morgan fingerprint density at radius 2 is 2.21 bits per heavy atom. The van der Waals surface area contributed by atoms with E-state index in [1.807, 2.05) is 13.1 Å². The molecule has 1 saturated heterocycles. The largest absolute Gasteiger partial charge is 0.353 e. The standard InChI is InChI=1S/C15H21N3.HI/c1-3-10-17-15(16-2)18-11-9-14(12-18)13-7-5-4-6-8-13;/h3-8,14H,1,9-12H2,2H3,(H,16,17);1H. The third-order valence-corrected chi connectivity index (χ3v) is 3.38. The molecule has 0 aromatic heterocycles. The van der Waals surface area contributed by atoms with Crippen molar-refractivity contribution in [2.24, 2.45) is 4.99 Å². The summed E-state index contributed by atoms with van der Waals surface area (Å²) < 4.78 is 0. The maximum atomic E-state index is 4.32. The average Bonchev–Trinajstić information content (AvgIpc) is 2.90. The topological polar surface area (TPSA) is 27.6 Å². The van der Waals surface area contributed by atoms with E-state index in [1.165, 1.54) is 12.0 Å². The molecule has 0 amide bonds. The summed E-state index contributed by atoms with van der Waals surface area (Å²) >= 11 is 0. The second kappa shape index (κ2) is 8.19. The minimum Gasteiger partial charge on any atom is -0.353 e. The fraction of sp³-hybridized carbons (Fsp3) is 0.400. The molecule has 0 aliphatic carbocycles. The second-order valence-corrected chi connectivity index (χ2v) is 4.56. The number of nitrogens with zero attached hydrogens (tertiary/aromatic N) is 2. The number of benzene rings is 1. The van der Waals surface area contributed by atoms with Crippen molar-refractivity contribution in [3.05, 3.63) is 48.6 Å². The number of aliphatic imine (C=N–C) groups is 1. The Kier molecular flexibility index (Phi) is 6.91. The van der Waals surface area contributed by atoms with Crippen LogP contribution >= 0.6 is 24.0 Å². The van der Waals surface area contributed by atoms with Crippen LogP contribution in [0.25, 0.3) is 0 Å². The van der Waals surface area contributed by atoms with Gasteiger partial charge in [0.1, 0.15) is 0 Å². The molecular weight excluding hydrogens is 349 g/mol. The highest BCUT2D eigenvalue weighted by Crippen LogP contribution is 2.26. The van der Waals surface area contributed by atoms with Gasteiger partial charge in [0.05, 0.1) is 0 Å². The molecule has 0 radical (unpaired) electrons. The minimum absolute atomic E-state index is 0. The first kappa shape index (κ1) is 16.0. The van der Waals surface area contributed by atoms with Gasteiger partial charge in [0, 0.05) is 32.6 Å². The predicted molar refractivity (Wildman–Crippen MR) is 92.3 cm³/mol. The van der Waals surface area contributed by atoms with Crippen molar-refractivity contribution in [3.8, 4) is 0 Å². The lowest BCUT2D eigenvalue weighted by molar-refractivity contribution is 0.490. The van der Waals surface area contributed by atoms with Crippen molar-refractivity contribution in [1.82, 2.24) is 10.2 Å². The van der Waals surface area contributed by atoms with Crippen LogP contribution in [0.2, 0.25) is 0 Å². The number of halogens is 1. The lowest BCUT2D eigenvalue weighted by Gasteiger charge is -2.21. The summed E-state index contributed by atoms with van der Waals surface area (Å²) in [6.07, 6.45) is 3.05. The monoisotopic (exact) mass is 371 g/mol. The molecule has 1 heterocycles. The molecule has 1 unspecified atom stereocenters. The molecule has 2 rings (SSSR count). The maximum Gasteiger partial charge on any atom is 0.193 e. The molecule has 1 fully saturated rings. The van der Waals surface area contributed by atoms with Crippen molar-refractivity contribution < 1.29 is 0 Å². The summed E-state index contributed by atoms with van der Waals surface area (Å²) in [5.74, 6) is 1.60. The van der Waals surface area contributed by atoms with Crippen molar-refractivity contribution in [1.29, 1.82) is 0 Å². The van der Waals surface area contributed by atoms with Gasteiger partial charge >= 0.3 is 0 Å². The molecule has 0 spiro atoms. The number of guanidine groups is 1. The zero-order chi connectivity index (χ0) is 12.8. The first-order valence-electron chi connectivity index (χ1n) is 6.46. The summed E-state index contributed by atoms with van der Waals surface area (Å²) in [7, 11) is 1.83. The first-order chi connectivity index (χ1) is 8.85. The van der Waals surface area contributed by atoms with Gasteiger partial charge in [-0.05, 0) is 12.0 Å². The van der Waals surface area contributed by atoms with Gasteiger partial charge in [-0.15, -0.1) is 30.6 Å². The number of rotatable bonds is 3. The zero-order valence-corrected chi connectivity index (χ0v) is 13.7. The Morgan fingerprint density at radius 1 is 1.47 bits per heavy atom. The summed E-state index contributed by atoms with van der Waals surface area (Å²) in [4.78, 5) is 6.64. The van der Waals surface area contributed by atoms with E-state index in [9.17, 15) is 0 Å². The lowest BCUT2D eigenvalue weighted by atomic mass is 9.99. The summed E-state index contributed by atoms with van der Waals surface area (Å²) in [6, 6.07) is 10.7. The smallest absolute Gasteiger partial charge is 0.193 e. The highest BCUT2D eigenvalue weighted by molar-refractivity contribution is 14.0. The third-order valence-electron chi connectivity index (χ3n) is 3.38. The molecule has 1 atom stereocenters. The molecular formula is C15H22IN3. The quantitative estimate of drug-likeness (QED) is 0.383. The van der Waals surface area contributed by atoms with Gasteiger partial charge in [0.2, 0.25) is 0 Å². The van der Waals surface area contributed by atoms with Crippen LogP contribution in [0.1, 0.15) is 17.9 Å². The van der Waals surface area contributed by atoms with E-state index in [1.54, 1.807) is 0 Å². The van der Waals surface area contributed by atoms with Crippen LogP contribution < -0.4 is 5.32 Å². The molecule has 0 bridgehead atoms. The van der Waals surface area contributed by atoms with E-state index in [-0.39, 0.29) is 24.0 Å². The maximum absolute atomic E-state index is 4.32. The van der Waals surface area contributed by atoms with Crippen LogP contribution in [-0.4, -0.2) is 37.5 Å². The molecule has 3 nitrogen and oxygen atoms in total. The Balaban J connectivity index is 0.00000180. The van der Waals surface area contributed by atoms with E-state index < -0.39 is 0 Å². The fourth-order valence-corrected chi connectivity index (χ4v) is 2.45. The third kappa shape index (κ3) is 4.23. The number of likely N-dealkylation sites (tertiary alicyclic amines) is 1. The van der Waals surface area contributed by atoms with E-state index in [0.717, 1.165) is 25.6 Å². The zero-order valence-electron chi connectivity index (χ0n) is 11.4. The van der Waals surface area contributed by atoms with Crippen molar-refractivity contribution in [2.45, 2.75) is 12.3 Å². The van der Waals surface area contributed by atoms with Crippen LogP contribution in [0.3, 0.4) is 0 Å². The number of hydrogen-bond acceptors (Lipinski definition) is 1. The average molecular weight is 371 g/mol. The summed E-state index contributed by atoms with van der Waals surface area (Å²) in [5, 5.41) is 3.29. The van der Waals surface area contributed by atoms with Crippen LogP contribution in [0, 0.1) is 0 Å². The Hall–Kier alpha value is -1.04. The van der Waals surface area contributed by atoms with E-state index >= 15 is 0 Å². The highest BCUT2D eigenvalue weighted by atomic mass is 127. The molecule has 0 saturated carbocycles. The van der Waals surface area contributed by atoms with Gasteiger partial charge in [0.15, 0.2) is 5.96 Å². The van der Waals surface area contributed by atoms with Gasteiger partial charge < -0.3 is 10.2 Å². The van der Waals surface area contributed by atoms with Gasteiger partial charge in [-0.1, -0.05) is 36.4 Å². The molecule has 19 heavy (non-hydrogen) atoms. The molecule has 1 aliphatic rings. The van der Waals surface area contributed by atoms with Crippen LogP contribution in [0.5, 0.6) is 0 Å². The highest BCUT2D eigenvalue weighted by Gasteiger charge is 2.25. The normalized spacial score (nSPS) is 18.9. The second-order valence-electron chi connectivity index (χ2n) is 4.56. The van der Waals surface area contributed by atoms with E-state index in [0.29, 0.717) is 5.92 Å². The van der Waals surface area contributed by atoms with Gasteiger partial charge in [-0.3, -0.25) is 4.99 Å². The fourth-order valence-electron chi connectivity index (χ4n) is 2.45. The van der Waals surface area contributed by atoms with Crippen LogP contribution in [0.4, 0.5) is 0 Å². The number of hydrogen-bond donors (Lipinski definition) is 1. The summed E-state index contributed by atoms with van der Waals surface area (Å²) in [5.41, 5.74) is 1.43. The molecule has 1 aliphatic heterocycles. The molecule has 104 valence electrons. The van der Waals surface area contributed by atoms with Gasteiger partial charge in [-0.25, -0.2) is 0 Å². The SMILES string of the molecule is C=CCNC(=NC)N1CCC(c2ccccc2)C1.I. The molecule has 1 aromatic rings. The lowest BCUT2D eigenvalue weighted by Crippen LogP contribution is -2.39. The number of nitrogens with one attached hydrogen (secondary N) is 1.